The van der Waals surface area contributed by atoms with E-state index >= 15 is 0 Å². The molecule has 2 fully saturated rings. The van der Waals surface area contributed by atoms with E-state index < -0.39 is 10.0 Å². The molecule has 7 heteroatoms. The molecule has 2 heterocycles. The van der Waals surface area contributed by atoms with Gasteiger partial charge in [-0.1, -0.05) is 24.3 Å². The topological polar surface area (TPSA) is 60.9 Å². The van der Waals surface area contributed by atoms with Gasteiger partial charge in [0.1, 0.15) is 0 Å². The Bertz CT molecular complexity index is 1010. The molecule has 0 aliphatic carbocycles. The Kier molecular flexibility index (Phi) is 6.46. The minimum absolute atomic E-state index is 0.112. The van der Waals surface area contributed by atoms with Crippen LogP contribution in [-0.2, 0) is 10.0 Å². The summed E-state index contributed by atoms with van der Waals surface area (Å²) in [6, 6.07) is 14.8. The Morgan fingerprint density at radius 1 is 0.903 bits per heavy atom. The van der Waals surface area contributed by atoms with Crippen LogP contribution in [0.5, 0.6) is 0 Å². The number of sulfonamides is 1. The normalized spacial score (nSPS) is 20.0. The van der Waals surface area contributed by atoms with Crippen molar-refractivity contribution >= 4 is 15.9 Å². The van der Waals surface area contributed by atoms with Gasteiger partial charge in [-0.05, 0) is 74.2 Å². The lowest BCUT2D eigenvalue weighted by atomic mass is 10.0. The van der Waals surface area contributed by atoms with Gasteiger partial charge in [0.25, 0.3) is 5.91 Å². The molecule has 2 aliphatic heterocycles. The molecule has 2 aromatic carbocycles. The van der Waals surface area contributed by atoms with Crippen LogP contribution in [0, 0.1) is 0 Å². The maximum absolute atomic E-state index is 13.1. The molecule has 6 nitrogen and oxygen atoms in total. The molecule has 2 saturated heterocycles. The summed E-state index contributed by atoms with van der Waals surface area (Å²) in [5, 5.41) is 0. The van der Waals surface area contributed by atoms with Gasteiger partial charge in [-0.3, -0.25) is 4.79 Å². The number of rotatable bonds is 6. The summed E-state index contributed by atoms with van der Waals surface area (Å²) in [7, 11) is -0.392. The lowest BCUT2D eigenvalue weighted by Crippen LogP contribution is -2.42. The van der Waals surface area contributed by atoms with Crippen LogP contribution in [0.3, 0.4) is 0 Å². The highest BCUT2D eigenvalue weighted by atomic mass is 32.2. The first-order chi connectivity index (χ1) is 14.9. The Labute approximate surface area is 185 Å². The summed E-state index contributed by atoms with van der Waals surface area (Å²) in [6.07, 6.45) is 4.70. The van der Waals surface area contributed by atoms with E-state index in [0.29, 0.717) is 11.6 Å². The van der Waals surface area contributed by atoms with E-state index in [0.717, 1.165) is 50.1 Å². The van der Waals surface area contributed by atoms with Crippen LogP contribution in [0.2, 0.25) is 0 Å². The second-order valence-corrected chi connectivity index (χ2v) is 10.8. The van der Waals surface area contributed by atoms with Crippen LogP contribution in [-0.4, -0.2) is 74.7 Å². The molecular formula is C24H31N3O3S. The number of benzene rings is 2. The van der Waals surface area contributed by atoms with Crippen LogP contribution >= 0.6 is 0 Å². The number of hydrogen-bond donors (Lipinski definition) is 0. The van der Waals surface area contributed by atoms with Crippen molar-refractivity contribution in [2.45, 2.75) is 36.6 Å². The van der Waals surface area contributed by atoms with Gasteiger partial charge in [0.2, 0.25) is 10.0 Å². The molecule has 0 saturated carbocycles. The second kappa shape index (κ2) is 9.10. The molecule has 1 atom stereocenters. The zero-order valence-corrected chi connectivity index (χ0v) is 19.1. The highest BCUT2D eigenvalue weighted by Gasteiger charge is 2.31. The lowest BCUT2D eigenvalue weighted by molar-refractivity contribution is 0.0709. The van der Waals surface area contributed by atoms with Crippen molar-refractivity contribution in [3.63, 3.8) is 0 Å². The van der Waals surface area contributed by atoms with Crippen molar-refractivity contribution in [2.75, 3.05) is 40.3 Å². The smallest absolute Gasteiger partial charge is 0.254 e. The van der Waals surface area contributed by atoms with Crippen LogP contribution in [0.4, 0.5) is 0 Å². The summed E-state index contributed by atoms with van der Waals surface area (Å²) in [5.41, 5.74) is 2.59. The molecule has 166 valence electrons. The highest BCUT2D eigenvalue weighted by molar-refractivity contribution is 7.89. The average molecular weight is 442 g/mol. The van der Waals surface area contributed by atoms with Crippen molar-refractivity contribution in [3.05, 3.63) is 54.1 Å². The molecule has 0 unspecified atom stereocenters. The molecule has 0 N–H and O–H groups in total. The van der Waals surface area contributed by atoms with Crippen molar-refractivity contribution < 1.29 is 13.2 Å². The van der Waals surface area contributed by atoms with Crippen LogP contribution in [0.15, 0.2) is 53.4 Å². The van der Waals surface area contributed by atoms with E-state index in [4.69, 9.17) is 0 Å². The number of amides is 1. The lowest BCUT2D eigenvalue weighted by Gasteiger charge is -2.28. The van der Waals surface area contributed by atoms with E-state index in [2.05, 4.69) is 4.90 Å². The first-order valence-electron chi connectivity index (χ1n) is 11.0. The molecule has 1 amide bonds. The van der Waals surface area contributed by atoms with Gasteiger partial charge in [0.05, 0.1) is 4.90 Å². The molecule has 31 heavy (non-hydrogen) atoms. The number of carbonyl (C=O) groups excluding carboxylic acids is 1. The largest absolute Gasteiger partial charge is 0.334 e. The number of likely N-dealkylation sites (tertiary alicyclic amines) is 2. The Morgan fingerprint density at radius 2 is 1.48 bits per heavy atom. The van der Waals surface area contributed by atoms with E-state index in [1.807, 2.05) is 29.2 Å². The third-order valence-corrected chi connectivity index (χ3v) is 8.23. The van der Waals surface area contributed by atoms with Crippen LogP contribution in [0.1, 0.15) is 36.0 Å². The molecule has 0 spiro atoms. The SMILES string of the molecule is CN(C)S(=O)(=O)c1ccc(-c2ccc(C(=O)N3CCC[C@H]3CN3CCCC3)cc2)cc1. The molecule has 0 radical (unpaired) electrons. The molecule has 2 aromatic rings. The average Bonchev–Trinajstić information content (AvgIpc) is 3.46. The van der Waals surface area contributed by atoms with Crippen molar-refractivity contribution in [3.8, 4) is 11.1 Å². The van der Waals surface area contributed by atoms with Gasteiger partial charge in [0.15, 0.2) is 0 Å². The van der Waals surface area contributed by atoms with E-state index in [9.17, 15) is 13.2 Å². The zero-order valence-electron chi connectivity index (χ0n) is 18.3. The van der Waals surface area contributed by atoms with Crippen molar-refractivity contribution in [1.82, 2.24) is 14.1 Å². The first kappa shape index (κ1) is 22.0. The van der Waals surface area contributed by atoms with Gasteiger partial charge >= 0.3 is 0 Å². The van der Waals surface area contributed by atoms with Crippen LogP contribution < -0.4 is 0 Å². The quantitative estimate of drug-likeness (QED) is 0.690. The fourth-order valence-electron chi connectivity index (χ4n) is 4.56. The number of carbonyl (C=O) groups is 1. The van der Waals surface area contributed by atoms with Crippen LogP contribution in [0.25, 0.3) is 11.1 Å². The fourth-order valence-corrected chi connectivity index (χ4v) is 5.46. The molecule has 4 rings (SSSR count). The Morgan fingerprint density at radius 3 is 2.06 bits per heavy atom. The maximum Gasteiger partial charge on any atom is 0.254 e. The number of nitrogens with zero attached hydrogens (tertiary/aromatic N) is 3. The zero-order chi connectivity index (χ0) is 22.0. The van der Waals surface area contributed by atoms with Gasteiger partial charge in [0, 0.05) is 38.8 Å². The Balaban J connectivity index is 1.46. The first-order valence-corrected chi connectivity index (χ1v) is 12.5. The van der Waals surface area contributed by atoms with Gasteiger partial charge in [-0.25, -0.2) is 12.7 Å². The van der Waals surface area contributed by atoms with Gasteiger partial charge in [-0.15, -0.1) is 0 Å². The predicted molar refractivity (Wildman–Crippen MR) is 122 cm³/mol. The van der Waals surface area contributed by atoms with Crippen molar-refractivity contribution in [2.24, 2.45) is 0 Å². The monoisotopic (exact) mass is 441 g/mol. The molecule has 0 aromatic heterocycles. The fraction of sp³-hybridized carbons (Fsp3) is 0.458. The minimum Gasteiger partial charge on any atom is -0.334 e. The summed E-state index contributed by atoms with van der Waals surface area (Å²) < 4.78 is 25.7. The number of hydrogen-bond acceptors (Lipinski definition) is 4. The summed E-state index contributed by atoms with van der Waals surface area (Å²) in [4.78, 5) is 17.9. The van der Waals surface area contributed by atoms with E-state index in [1.54, 1.807) is 24.3 Å². The molecular weight excluding hydrogens is 410 g/mol. The van der Waals surface area contributed by atoms with Gasteiger partial charge in [-0.2, -0.15) is 0 Å². The summed E-state index contributed by atoms with van der Waals surface area (Å²) in [5.74, 6) is 0.112. The van der Waals surface area contributed by atoms with E-state index in [1.165, 1.54) is 31.2 Å². The van der Waals surface area contributed by atoms with Gasteiger partial charge < -0.3 is 9.80 Å². The van der Waals surface area contributed by atoms with Crippen molar-refractivity contribution in [1.29, 1.82) is 0 Å². The standard InChI is InChI=1S/C24H31N3O3S/c1-25(2)31(29,30)23-13-11-20(12-14-23)19-7-9-21(10-8-19)24(28)27-17-5-6-22(27)18-26-15-3-4-16-26/h7-14,22H,3-6,15-18H2,1-2H3/t22-/m0/s1. The summed E-state index contributed by atoms with van der Waals surface area (Å²) in [6.45, 7) is 4.14. The minimum atomic E-state index is -3.44. The van der Waals surface area contributed by atoms with E-state index in [-0.39, 0.29) is 10.8 Å². The third-order valence-electron chi connectivity index (χ3n) is 6.40. The highest BCUT2D eigenvalue weighted by Crippen LogP contribution is 2.26. The second-order valence-electron chi connectivity index (χ2n) is 8.69. The third kappa shape index (κ3) is 4.68. The predicted octanol–water partition coefficient (Wildman–Crippen LogP) is 3.30. The molecule has 2 aliphatic rings. The Hall–Kier alpha value is -2.22. The summed E-state index contributed by atoms with van der Waals surface area (Å²) >= 11 is 0. The maximum atomic E-state index is 13.1. The molecule has 0 bridgehead atoms.